The number of nitrogens with one attached hydrogen (secondary N) is 1. The van der Waals surface area contributed by atoms with Gasteiger partial charge in [-0.3, -0.25) is 0 Å². The van der Waals surface area contributed by atoms with Crippen molar-refractivity contribution in [2.75, 3.05) is 20.7 Å². The van der Waals surface area contributed by atoms with Gasteiger partial charge in [-0.2, -0.15) is 0 Å². The highest BCUT2D eigenvalue weighted by Gasteiger charge is 2.22. The number of hydrogen-bond donors (Lipinski definition) is 2. The van der Waals surface area contributed by atoms with Crippen LogP contribution in [-0.2, 0) is 6.42 Å². The van der Waals surface area contributed by atoms with Crippen molar-refractivity contribution in [3.63, 3.8) is 0 Å². The predicted octanol–water partition coefficient (Wildman–Crippen LogP) is 2.25. The van der Waals surface area contributed by atoms with Gasteiger partial charge in [0, 0.05) is 11.4 Å². The van der Waals surface area contributed by atoms with Crippen LogP contribution >= 0.6 is 11.6 Å². The molecule has 0 aliphatic rings. The molecule has 1 aromatic carbocycles. The van der Waals surface area contributed by atoms with Crippen molar-refractivity contribution >= 4 is 11.6 Å². The van der Waals surface area contributed by atoms with E-state index in [1.54, 1.807) is 13.2 Å². The summed E-state index contributed by atoms with van der Waals surface area (Å²) in [6, 6.07) is 5.45. The molecule has 0 saturated carbocycles. The summed E-state index contributed by atoms with van der Waals surface area (Å²) in [5.41, 5.74) is 0.169. The smallest absolute Gasteiger partial charge is 0.122 e. The minimum absolute atomic E-state index is 0.526. The van der Waals surface area contributed by atoms with Crippen molar-refractivity contribution < 1.29 is 9.84 Å². The van der Waals surface area contributed by atoms with Crippen LogP contribution in [0.25, 0.3) is 0 Å². The Morgan fingerprint density at radius 3 is 2.76 bits per heavy atom. The lowest BCUT2D eigenvalue weighted by Gasteiger charge is -2.24. The SMILES string of the molecule is CNCCC(C)(O)Cc1cc(Cl)ccc1OC. The second kappa shape index (κ2) is 6.24. The summed E-state index contributed by atoms with van der Waals surface area (Å²) in [5, 5.41) is 14.0. The zero-order valence-electron chi connectivity index (χ0n) is 10.6. The molecule has 0 amide bonds. The maximum Gasteiger partial charge on any atom is 0.122 e. The summed E-state index contributed by atoms with van der Waals surface area (Å²) in [6.07, 6.45) is 1.21. The molecular weight excluding hydrogens is 238 g/mol. The van der Waals surface area contributed by atoms with Crippen molar-refractivity contribution in [2.45, 2.75) is 25.4 Å². The lowest BCUT2D eigenvalue weighted by Crippen LogP contribution is -2.31. The van der Waals surface area contributed by atoms with Gasteiger partial charge < -0.3 is 15.2 Å². The van der Waals surface area contributed by atoms with Crippen molar-refractivity contribution in [3.05, 3.63) is 28.8 Å². The quantitative estimate of drug-likeness (QED) is 0.821. The summed E-state index contributed by atoms with van der Waals surface area (Å²) >= 11 is 5.96. The van der Waals surface area contributed by atoms with Crippen LogP contribution < -0.4 is 10.1 Å². The summed E-state index contributed by atoms with van der Waals surface area (Å²) in [5.74, 6) is 0.763. The number of rotatable bonds is 6. The molecule has 0 heterocycles. The third-order valence-corrected chi connectivity index (χ3v) is 2.96. The van der Waals surface area contributed by atoms with Crippen molar-refractivity contribution in [2.24, 2.45) is 0 Å². The number of benzene rings is 1. The molecule has 0 aliphatic heterocycles. The van der Waals surface area contributed by atoms with Crippen LogP contribution in [0.2, 0.25) is 5.02 Å². The van der Waals surface area contributed by atoms with Gasteiger partial charge in [-0.1, -0.05) is 11.6 Å². The van der Waals surface area contributed by atoms with Gasteiger partial charge in [-0.15, -0.1) is 0 Å². The van der Waals surface area contributed by atoms with Gasteiger partial charge in [-0.05, 0) is 50.7 Å². The summed E-state index contributed by atoms with van der Waals surface area (Å²) in [7, 11) is 3.49. The van der Waals surface area contributed by atoms with Crippen molar-refractivity contribution in [3.8, 4) is 5.75 Å². The molecule has 0 saturated heterocycles. The Morgan fingerprint density at radius 2 is 2.18 bits per heavy atom. The molecular formula is C13H20ClNO2. The van der Waals surface area contributed by atoms with E-state index in [-0.39, 0.29) is 0 Å². The molecule has 17 heavy (non-hydrogen) atoms. The predicted molar refractivity (Wildman–Crippen MR) is 70.9 cm³/mol. The number of halogens is 1. The number of methoxy groups -OCH3 is 1. The Balaban J connectivity index is 2.82. The van der Waals surface area contributed by atoms with Crippen molar-refractivity contribution in [1.82, 2.24) is 5.32 Å². The molecule has 0 fully saturated rings. The van der Waals surface area contributed by atoms with Gasteiger partial charge in [0.05, 0.1) is 12.7 Å². The van der Waals surface area contributed by atoms with E-state index in [2.05, 4.69) is 5.32 Å². The van der Waals surface area contributed by atoms with Crippen LogP contribution in [-0.4, -0.2) is 31.4 Å². The minimum Gasteiger partial charge on any atom is -0.496 e. The average Bonchev–Trinajstić information content (AvgIpc) is 2.26. The Bertz CT molecular complexity index is 366. The maximum absolute atomic E-state index is 10.3. The Labute approximate surface area is 108 Å². The minimum atomic E-state index is -0.763. The van der Waals surface area contributed by atoms with Gasteiger partial charge >= 0.3 is 0 Å². The topological polar surface area (TPSA) is 41.5 Å². The van der Waals surface area contributed by atoms with Crippen LogP contribution in [0.1, 0.15) is 18.9 Å². The fourth-order valence-corrected chi connectivity index (χ4v) is 1.97. The third-order valence-electron chi connectivity index (χ3n) is 2.73. The Hall–Kier alpha value is -0.770. The largest absolute Gasteiger partial charge is 0.496 e. The Morgan fingerprint density at radius 1 is 1.47 bits per heavy atom. The highest BCUT2D eigenvalue weighted by atomic mass is 35.5. The fraction of sp³-hybridized carbons (Fsp3) is 0.538. The van der Waals surface area contributed by atoms with E-state index >= 15 is 0 Å². The fourth-order valence-electron chi connectivity index (χ4n) is 1.78. The van der Waals surface area contributed by atoms with Gasteiger partial charge in [-0.25, -0.2) is 0 Å². The number of ether oxygens (including phenoxy) is 1. The molecule has 2 N–H and O–H groups in total. The lowest BCUT2D eigenvalue weighted by atomic mass is 9.93. The molecule has 3 nitrogen and oxygen atoms in total. The summed E-state index contributed by atoms with van der Waals surface area (Å²) < 4.78 is 5.27. The van der Waals surface area contributed by atoms with Gasteiger partial charge in [0.15, 0.2) is 0 Å². The molecule has 1 rings (SSSR count). The lowest BCUT2D eigenvalue weighted by molar-refractivity contribution is 0.0514. The molecule has 0 aliphatic carbocycles. The monoisotopic (exact) mass is 257 g/mol. The van der Waals surface area contributed by atoms with E-state index in [4.69, 9.17) is 16.3 Å². The van der Waals surface area contributed by atoms with Crippen LogP contribution in [0, 0.1) is 0 Å². The first-order chi connectivity index (χ1) is 7.98. The average molecular weight is 258 g/mol. The second-order valence-corrected chi connectivity index (χ2v) is 4.92. The zero-order chi connectivity index (χ0) is 12.9. The molecule has 1 unspecified atom stereocenters. The van der Waals surface area contributed by atoms with E-state index in [0.717, 1.165) is 17.9 Å². The van der Waals surface area contributed by atoms with Crippen LogP contribution in [0.15, 0.2) is 18.2 Å². The first-order valence-electron chi connectivity index (χ1n) is 5.68. The second-order valence-electron chi connectivity index (χ2n) is 4.48. The molecule has 0 aromatic heterocycles. The maximum atomic E-state index is 10.3. The van der Waals surface area contributed by atoms with Crippen LogP contribution in [0.5, 0.6) is 5.75 Å². The van der Waals surface area contributed by atoms with Crippen molar-refractivity contribution in [1.29, 1.82) is 0 Å². The van der Waals surface area contributed by atoms with E-state index in [1.165, 1.54) is 0 Å². The molecule has 0 bridgehead atoms. The first-order valence-corrected chi connectivity index (χ1v) is 6.06. The molecule has 0 radical (unpaired) electrons. The first kappa shape index (κ1) is 14.3. The Kier molecular flexibility index (Phi) is 5.25. The molecule has 1 aromatic rings. The van der Waals surface area contributed by atoms with E-state index in [0.29, 0.717) is 17.9 Å². The third kappa shape index (κ3) is 4.54. The molecule has 4 heteroatoms. The van der Waals surface area contributed by atoms with E-state index < -0.39 is 5.60 Å². The van der Waals surface area contributed by atoms with E-state index in [9.17, 15) is 5.11 Å². The van der Waals surface area contributed by atoms with Gasteiger partial charge in [0.1, 0.15) is 5.75 Å². The molecule has 1 atom stereocenters. The van der Waals surface area contributed by atoms with E-state index in [1.807, 2.05) is 26.1 Å². The highest BCUT2D eigenvalue weighted by molar-refractivity contribution is 6.30. The normalized spacial score (nSPS) is 14.4. The number of hydrogen-bond acceptors (Lipinski definition) is 3. The molecule has 0 spiro atoms. The van der Waals surface area contributed by atoms with Gasteiger partial charge in [0.25, 0.3) is 0 Å². The van der Waals surface area contributed by atoms with Crippen LogP contribution in [0.4, 0.5) is 0 Å². The standard InChI is InChI=1S/C13H20ClNO2/c1-13(16,6-7-15-2)9-10-8-11(14)4-5-12(10)17-3/h4-5,8,15-16H,6-7,9H2,1-3H3. The zero-order valence-corrected chi connectivity index (χ0v) is 11.3. The number of aliphatic hydroxyl groups is 1. The highest BCUT2D eigenvalue weighted by Crippen LogP contribution is 2.27. The summed E-state index contributed by atoms with van der Waals surface area (Å²) in [6.45, 7) is 2.60. The summed E-state index contributed by atoms with van der Waals surface area (Å²) in [4.78, 5) is 0. The molecule has 96 valence electrons. The van der Waals surface area contributed by atoms with Crippen LogP contribution in [0.3, 0.4) is 0 Å². The van der Waals surface area contributed by atoms with Gasteiger partial charge in [0.2, 0.25) is 0 Å².